The molecular weight excluding hydrogens is 276 g/mol. The third-order valence-electron chi connectivity index (χ3n) is 3.44. The summed E-state index contributed by atoms with van der Waals surface area (Å²) in [5.41, 5.74) is 0. The van der Waals surface area contributed by atoms with Crippen molar-refractivity contribution >= 4 is 12.0 Å². The van der Waals surface area contributed by atoms with Crippen LogP contribution >= 0.6 is 0 Å². The molecule has 0 aromatic carbocycles. The summed E-state index contributed by atoms with van der Waals surface area (Å²) in [5, 5.41) is 8.80. The standard InChI is InChI=1S/C13H20N4O4/c1-15-4-3-14-11(15)9-16(2)13(20)17-5-6-21-10(8-17)7-12(18)19/h3-4,10H,5-9H2,1-2H3,(H,18,19). The smallest absolute Gasteiger partial charge is 0.320 e. The van der Waals surface area contributed by atoms with Crippen LogP contribution in [0.5, 0.6) is 0 Å². The number of nitrogens with zero attached hydrogens (tertiary/aromatic N) is 4. The van der Waals surface area contributed by atoms with Gasteiger partial charge in [-0.25, -0.2) is 9.78 Å². The van der Waals surface area contributed by atoms with Gasteiger partial charge in [-0.3, -0.25) is 4.79 Å². The Morgan fingerprint density at radius 1 is 1.57 bits per heavy atom. The Labute approximate surface area is 122 Å². The zero-order valence-corrected chi connectivity index (χ0v) is 12.2. The molecule has 2 heterocycles. The molecule has 0 radical (unpaired) electrons. The first-order chi connectivity index (χ1) is 9.97. The van der Waals surface area contributed by atoms with E-state index in [-0.39, 0.29) is 12.5 Å². The number of rotatable bonds is 4. The van der Waals surface area contributed by atoms with E-state index in [9.17, 15) is 9.59 Å². The molecule has 21 heavy (non-hydrogen) atoms. The lowest BCUT2D eigenvalue weighted by atomic mass is 10.2. The summed E-state index contributed by atoms with van der Waals surface area (Å²) < 4.78 is 7.22. The normalized spacial score (nSPS) is 18.6. The maximum Gasteiger partial charge on any atom is 0.320 e. The minimum absolute atomic E-state index is 0.0904. The second kappa shape index (κ2) is 6.57. The van der Waals surface area contributed by atoms with Gasteiger partial charge in [-0.1, -0.05) is 0 Å². The fourth-order valence-corrected chi connectivity index (χ4v) is 2.28. The predicted molar refractivity (Wildman–Crippen MR) is 73.6 cm³/mol. The highest BCUT2D eigenvalue weighted by molar-refractivity contribution is 5.74. The first-order valence-corrected chi connectivity index (χ1v) is 6.77. The van der Waals surface area contributed by atoms with E-state index in [4.69, 9.17) is 9.84 Å². The van der Waals surface area contributed by atoms with Crippen LogP contribution in [0.2, 0.25) is 0 Å². The summed E-state index contributed by atoms with van der Waals surface area (Å²) in [6.07, 6.45) is 2.98. The van der Waals surface area contributed by atoms with Gasteiger partial charge in [0.25, 0.3) is 0 Å². The van der Waals surface area contributed by atoms with E-state index < -0.39 is 12.1 Å². The van der Waals surface area contributed by atoms with E-state index in [0.717, 1.165) is 5.82 Å². The summed E-state index contributed by atoms with van der Waals surface area (Å²) in [5.74, 6) is -0.128. The van der Waals surface area contributed by atoms with Gasteiger partial charge < -0.3 is 24.2 Å². The average molecular weight is 296 g/mol. The summed E-state index contributed by atoms with van der Waals surface area (Å²) in [6.45, 7) is 1.54. The van der Waals surface area contributed by atoms with Crippen LogP contribution in [0.25, 0.3) is 0 Å². The van der Waals surface area contributed by atoms with E-state index in [1.807, 2.05) is 17.8 Å². The molecule has 116 valence electrons. The number of aromatic nitrogens is 2. The van der Waals surface area contributed by atoms with Gasteiger partial charge >= 0.3 is 12.0 Å². The van der Waals surface area contributed by atoms with Crippen molar-refractivity contribution in [3.63, 3.8) is 0 Å². The van der Waals surface area contributed by atoms with Crippen molar-refractivity contribution in [2.75, 3.05) is 26.7 Å². The van der Waals surface area contributed by atoms with E-state index in [1.54, 1.807) is 23.0 Å². The number of carboxylic acid groups (broad SMARTS) is 1. The zero-order valence-electron chi connectivity index (χ0n) is 12.2. The van der Waals surface area contributed by atoms with Crippen LogP contribution in [0, 0.1) is 0 Å². The molecule has 1 aliphatic rings. The number of hydrogen-bond donors (Lipinski definition) is 1. The number of imidazole rings is 1. The molecule has 1 aromatic rings. The fourth-order valence-electron chi connectivity index (χ4n) is 2.28. The number of hydrogen-bond acceptors (Lipinski definition) is 4. The summed E-state index contributed by atoms with van der Waals surface area (Å²) in [6, 6.07) is -0.142. The molecule has 8 nitrogen and oxygen atoms in total. The molecule has 0 aliphatic carbocycles. The topological polar surface area (TPSA) is 87.9 Å². The fraction of sp³-hybridized carbons (Fsp3) is 0.615. The number of carbonyl (C=O) groups excluding carboxylic acids is 1. The lowest BCUT2D eigenvalue weighted by Crippen LogP contribution is -2.50. The molecule has 1 aromatic heterocycles. The quantitative estimate of drug-likeness (QED) is 0.854. The van der Waals surface area contributed by atoms with Crippen molar-refractivity contribution < 1.29 is 19.4 Å². The molecule has 1 saturated heterocycles. The van der Waals surface area contributed by atoms with Crippen molar-refractivity contribution in [3.8, 4) is 0 Å². The number of aliphatic carboxylic acids is 1. The van der Waals surface area contributed by atoms with Gasteiger partial charge in [-0.2, -0.15) is 0 Å². The Balaban J connectivity index is 1.92. The minimum Gasteiger partial charge on any atom is -0.481 e. The Bertz CT molecular complexity index is 516. The van der Waals surface area contributed by atoms with E-state index >= 15 is 0 Å². The van der Waals surface area contributed by atoms with Crippen LogP contribution < -0.4 is 0 Å². The van der Waals surface area contributed by atoms with Gasteiger partial charge in [0.1, 0.15) is 5.82 Å². The van der Waals surface area contributed by atoms with Crippen LogP contribution in [-0.2, 0) is 23.1 Å². The summed E-state index contributed by atoms with van der Waals surface area (Å²) in [4.78, 5) is 30.5. The molecule has 1 fully saturated rings. The van der Waals surface area contributed by atoms with Gasteiger partial charge in [0.15, 0.2) is 0 Å². The first-order valence-electron chi connectivity index (χ1n) is 6.77. The molecule has 1 aliphatic heterocycles. The highest BCUT2D eigenvalue weighted by Crippen LogP contribution is 2.12. The van der Waals surface area contributed by atoms with Crippen LogP contribution in [0.4, 0.5) is 4.79 Å². The highest BCUT2D eigenvalue weighted by atomic mass is 16.5. The third-order valence-corrected chi connectivity index (χ3v) is 3.44. The Morgan fingerprint density at radius 3 is 2.95 bits per heavy atom. The molecule has 0 bridgehead atoms. The van der Waals surface area contributed by atoms with Gasteiger partial charge in [0.2, 0.25) is 0 Å². The molecule has 2 amide bonds. The highest BCUT2D eigenvalue weighted by Gasteiger charge is 2.27. The van der Waals surface area contributed by atoms with Crippen molar-refractivity contribution in [2.45, 2.75) is 19.1 Å². The largest absolute Gasteiger partial charge is 0.481 e. The second-order valence-corrected chi connectivity index (χ2v) is 5.13. The van der Waals surface area contributed by atoms with Gasteiger partial charge in [0.05, 0.1) is 25.7 Å². The van der Waals surface area contributed by atoms with Crippen LogP contribution in [-0.4, -0.2) is 69.3 Å². The molecule has 1 atom stereocenters. The average Bonchev–Trinajstić information content (AvgIpc) is 2.83. The molecule has 0 spiro atoms. The van der Waals surface area contributed by atoms with Crippen molar-refractivity contribution in [3.05, 3.63) is 18.2 Å². The number of carboxylic acids is 1. The molecule has 1 unspecified atom stereocenters. The van der Waals surface area contributed by atoms with E-state index in [1.165, 1.54) is 0 Å². The third kappa shape index (κ3) is 3.94. The van der Waals surface area contributed by atoms with Crippen LogP contribution in [0.3, 0.4) is 0 Å². The minimum atomic E-state index is -0.921. The summed E-state index contributed by atoms with van der Waals surface area (Å²) >= 11 is 0. The van der Waals surface area contributed by atoms with Crippen LogP contribution in [0.15, 0.2) is 12.4 Å². The Hall–Kier alpha value is -2.09. The van der Waals surface area contributed by atoms with Crippen LogP contribution in [0.1, 0.15) is 12.2 Å². The summed E-state index contributed by atoms with van der Waals surface area (Å²) in [7, 11) is 3.58. The Kier molecular flexibility index (Phi) is 4.79. The maximum atomic E-state index is 12.4. The van der Waals surface area contributed by atoms with Gasteiger partial charge in [-0.15, -0.1) is 0 Å². The molecule has 8 heteroatoms. The molecular formula is C13H20N4O4. The van der Waals surface area contributed by atoms with E-state index in [0.29, 0.717) is 26.2 Å². The van der Waals surface area contributed by atoms with Crippen molar-refractivity contribution in [1.29, 1.82) is 0 Å². The number of ether oxygens (including phenoxy) is 1. The lowest BCUT2D eigenvalue weighted by Gasteiger charge is -2.34. The van der Waals surface area contributed by atoms with Crippen molar-refractivity contribution in [2.24, 2.45) is 7.05 Å². The van der Waals surface area contributed by atoms with E-state index in [2.05, 4.69) is 4.98 Å². The van der Waals surface area contributed by atoms with Crippen molar-refractivity contribution in [1.82, 2.24) is 19.4 Å². The number of morpholine rings is 1. The van der Waals surface area contributed by atoms with Gasteiger partial charge in [-0.05, 0) is 0 Å². The van der Waals surface area contributed by atoms with Gasteiger partial charge in [0, 0.05) is 39.6 Å². The SMILES string of the molecule is CN(Cc1nccn1C)C(=O)N1CCOC(CC(=O)O)C1. The number of amides is 2. The molecule has 0 saturated carbocycles. The molecule has 2 rings (SSSR count). The first kappa shape index (κ1) is 15.3. The number of aryl methyl sites for hydroxylation is 1. The second-order valence-electron chi connectivity index (χ2n) is 5.13. The monoisotopic (exact) mass is 296 g/mol. The number of carbonyl (C=O) groups is 2. The predicted octanol–water partition coefficient (Wildman–Crippen LogP) is 0.147. The lowest BCUT2D eigenvalue weighted by molar-refractivity contribution is -0.141. The molecule has 1 N–H and O–H groups in total. The Morgan fingerprint density at radius 2 is 2.33 bits per heavy atom. The maximum absolute atomic E-state index is 12.4. The number of urea groups is 1. The zero-order chi connectivity index (χ0) is 15.4.